The third-order valence-electron chi connectivity index (χ3n) is 5.43. The molecule has 0 spiro atoms. The third-order valence-corrected chi connectivity index (χ3v) is 5.43. The molecule has 0 N–H and O–H groups in total. The molecule has 0 saturated heterocycles. The zero-order valence-corrected chi connectivity index (χ0v) is 18.3. The first-order valence-corrected chi connectivity index (χ1v) is 12.2. The number of hydrogen-bond acceptors (Lipinski definition) is 0. The summed E-state index contributed by atoms with van der Waals surface area (Å²) in [4.78, 5) is 0. The molecule has 0 heterocycles. The first-order valence-electron chi connectivity index (χ1n) is 12.2. The van der Waals surface area contributed by atoms with Gasteiger partial charge in [-0.15, -0.1) is 6.58 Å². The second kappa shape index (κ2) is 24.5. The minimum absolute atomic E-state index is 1.12. The van der Waals surface area contributed by atoms with Crippen molar-refractivity contribution in [1.29, 1.82) is 0 Å². The quantitative estimate of drug-likeness (QED) is 0.133. The molecule has 0 amide bonds. The smallest absolute Gasteiger partial charge is 0.0316 e. The van der Waals surface area contributed by atoms with E-state index in [2.05, 4.69) is 25.7 Å². The van der Waals surface area contributed by atoms with Crippen molar-refractivity contribution in [2.45, 2.75) is 142 Å². The molecule has 0 aromatic heterocycles. The molecule has 0 fully saturated rings. The molecule has 0 saturated carbocycles. The zero-order valence-electron chi connectivity index (χ0n) is 18.3. The average Bonchev–Trinajstić information content (AvgIpc) is 2.66. The molecular weight excluding hydrogens is 312 g/mol. The highest BCUT2D eigenvalue weighted by atomic mass is 14.0. The average molecular weight is 363 g/mol. The van der Waals surface area contributed by atoms with E-state index in [0.717, 1.165) is 6.42 Å². The highest BCUT2D eigenvalue weighted by molar-refractivity contribution is 4.84. The Bertz CT molecular complexity index is 276. The standard InChI is InChI=1S/C26H50/c1-3-5-7-9-11-13-15-17-19-21-23-25-26-24-22-20-18-16-14-12-10-8-6-4-2/h3,9,11H,1,4-8,10,12-26H2,2H3. The summed E-state index contributed by atoms with van der Waals surface area (Å²) in [7, 11) is 0. The summed E-state index contributed by atoms with van der Waals surface area (Å²) < 4.78 is 0. The Kier molecular flexibility index (Phi) is 24.0. The van der Waals surface area contributed by atoms with E-state index in [9.17, 15) is 0 Å². The monoisotopic (exact) mass is 362 g/mol. The van der Waals surface area contributed by atoms with Gasteiger partial charge in [-0.1, -0.05) is 134 Å². The molecule has 0 bridgehead atoms. The predicted molar refractivity (Wildman–Crippen MR) is 122 cm³/mol. The van der Waals surface area contributed by atoms with E-state index in [1.165, 1.54) is 128 Å². The molecular formula is C26H50. The molecule has 26 heavy (non-hydrogen) atoms. The van der Waals surface area contributed by atoms with Gasteiger partial charge in [0.2, 0.25) is 0 Å². The highest BCUT2D eigenvalue weighted by Crippen LogP contribution is 2.14. The number of rotatable bonds is 22. The summed E-state index contributed by atoms with van der Waals surface area (Å²) in [5.41, 5.74) is 0. The maximum absolute atomic E-state index is 3.75. The van der Waals surface area contributed by atoms with Crippen molar-refractivity contribution in [1.82, 2.24) is 0 Å². The molecule has 0 aliphatic carbocycles. The molecule has 154 valence electrons. The van der Waals surface area contributed by atoms with Crippen LogP contribution in [0, 0.1) is 0 Å². The van der Waals surface area contributed by atoms with Gasteiger partial charge in [0.05, 0.1) is 0 Å². The van der Waals surface area contributed by atoms with Crippen LogP contribution in [0.2, 0.25) is 0 Å². The Morgan fingerprint density at radius 3 is 1.15 bits per heavy atom. The fourth-order valence-electron chi connectivity index (χ4n) is 3.61. The summed E-state index contributed by atoms with van der Waals surface area (Å²) in [5, 5.41) is 0. The van der Waals surface area contributed by atoms with Crippen LogP contribution < -0.4 is 0 Å². The van der Waals surface area contributed by atoms with Crippen LogP contribution in [0.5, 0.6) is 0 Å². The number of hydrogen-bond donors (Lipinski definition) is 0. The molecule has 0 aliphatic heterocycles. The van der Waals surface area contributed by atoms with Crippen molar-refractivity contribution >= 4 is 0 Å². The zero-order chi connectivity index (χ0) is 19.0. The summed E-state index contributed by atoms with van der Waals surface area (Å²) in [6, 6.07) is 0. The normalized spacial score (nSPS) is 11.4. The van der Waals surface area contributed by atoms with Crippen LogP contribution in [0.15, 0.2) is 24.8 Å². The Morgan fingerprint density at radius 2 is 0.769 bits per heavy atom. The Morgan fingerprint density at radius 1 is 0.423 bits per heavy atom. The van der Waals surface area contributed by atoms with E-state index < -0.39 is 0 Å². The molecule has 0 heteroatoms. The Labute approximate surface area is 166 Å². The van der Waals surface area contributed by atoms with Crippen LogP contribution in [-0.2, 0) is 0 Å². The van der Waals surface area contributed by atoms with Gasteiger partial charge >= 0.3 is 0 Å². The van der Waals surface area contributed by atoms with Crippen molar-refractivity contribution in [2.24, 2.45) is 0 Å². The SMILES string of the molecule is C=CCCC=CCCCCCCCCCCCCCCCCCCCC. The van der Waals surface area contributed by atoms with E-state index >= 15 is 0 Å². The van der Waals surface area contributed by atoms with Crippen LogP contribution in [0.25, 0.3) is 0 Å². The lowest BCUT2D eigenvalue weighted by Crippen LogP contribution is -1.84. The fourth-order valence-corrected chi connectivity index (χ4v) is 3.61. The van der Waals surface area contributed by atoms with E-state index in [0.29, 0.717) is 0 Å². The Balaban J connectivity index is 3.01. The lowest BCUT2D eigenvalue weighted by atomic mass is 10.0. The second-order valence-corrected chi connectivity index (χ2v) is 8.14. The summed E-state index contributed by atoms with van der Waals surface area (Å²) in [6.07, 6.45) is 36.5. The van der Waals surface area contributed by atoms with Gasteiger partial charge in [-0.25, -0.2) is 0 Å². The molecule has 0 radical (unpaired) electrons. The first kappa shape index (κ1) is 25.5. The van der Waals surface area contributed by atoms with Crippen molar-refractivity contribution in [3.63, 3.8) is 0 Å². The number of allylic oxidation sites excluding steroid dienone is 3. The van der Waals surface area contributed by atoms with Gasteiger partial charge in [-0.05, 0) is 25.7 Å². The minimum atomic E-state index is 1.12. The predicted octanol–water partition coefficient (Wildman–Crippen LogP) is 9.94. The van der Waals surface area contributed by atoms with Crippen LogP contribution in [0.1, 0.15) is 142 Å². The fraction of sp³-hybridized carbons (Fsp3) is 0.846. The van der Waals surface area contributed by atoms with Gasteiger partial charge in [0.25, 0.3) is 0 Å². The van der Waals surface area contributed by atoms with Gasteiger partial charge < -0.3 is 0 Å². The molecule has 0 nitrogen and oxygen atoms in total. The summed E-state index contributed by atoms with van der Waals surface area (Å²) >= 11 is 0. The van der Waals surface area contributed by atoms with E-state index in [-0.39, 0.29) is 0 Å². The lowest BCUT2D eigenvalue weighted by molar-refractivity contribution is 0.525. The minimum Gasteiger partial charge on any atom is -0.103 e. The molecule has 0 rings (SSSR count). The van der Waals surface area contributed by atoms with Gasteiger partial charge in [0, 0.05) is 0 Å². The van der Waals surface area contributed by atoms with Crippen molar-refractivity contribution < 1.29 is 0 Å². The molecule has 0 aliphatic rings. The van der Waals surface area contributed by atoms with Crippen LogP contribution >= 0.6 is 0 Å². The Hall–Kier alpha value is -0.520. The molecule has 0 aromatic rings. The van der Waals surface area contributed by atoms with Crippen LogP contribution in [0.3, 0.4) is 0 Å². The van der Waals surface area contributed by atoms with E-state index in [1.807, 2.05) is 6.08 Å². The molecule has 0 aromatic carbocycles. The van der Waals surface area contributed by atoms with Crippen molar-refractivity contribution in [2.75, 3.05) is 0 Å². The van der Waals surface area contributed by atoms with E-state index in [1.54, 1.807) is 0 Å². The highest BCUT2D eigenvalue weighted by Gasteiger charge is 1.94. The molecule has 0 atom stereocenters. The third kappa shape index (κ3) is 23.5. The van der Waals surface area contributed by atoms with Crippen molar-refractivity contribution in [3.05, 3.63) is 24.8 Å². The summed E-state index contributed by atoms with van der Waals surface area (Å²) in [6.45, 7) is 6.05. The van der Waals surface area contributed by atoms with Crippen LogP contribution in [-0.4, -0.2) is 0 Å². The lowest BCUT2D eigenvalue weighted by Gasteiger charge is -2.03. The summed E-state index contributed by atoms with van der Waals surface area (Å²) in [5.74, 6) is 0. The number of unbranched alkanes of at least 4 members (excludes halogenated alkanes) is 19. The maximum Gasteiger partial charge on any atom is -0.0316 e. The molecule has 0 unspecified atom stereocenters. The maximum atomic E-state index is 3.75. The van der Waals surface area contributed by atoms with E-state index in [4.69, 9.17) is 0 Å². The van der Waals surface area contributed by atoms with Crippen molar-refractivity contribution in [3.8, 4) is 0 Å². The van der Waals surface area contributed by atoms with Gasteiger partial charge in [-0.3, -0.25) is 0 Å². The second-order valence-electron chi connectivity index (χ2n) is 8.14. The first-order chi connectivity index (χ1) is 12.9. The van der Waals surface area contributed by atoms with Gasteiger partial charge in [0.15, 0.2) is 0 Å². The van der Waals surface area contributed by atoms with Gasteiger partial charge in [-0.2, -0.15) is 0 Å². The topological polar surface area (TPSA) is 0 Å². The van der Waals surface area contributed by atoms with Crippen LogP contribution in [0.4, 0.5) is 0 Å². The van der Waals surface area contributed by atoms with Gasteiger partial charge in [0.1, 0.15) is 0 Å². The largest absolute Gasteiger partial charge is 0.103 e.